The van der Waals surface area contributed by atoms with E-state index in [1.54, 1.807) is 4.90 Å². The maximum atomic E-state index is 12.5. The van der Waals surface area contributed by atoms with E-state index in [2.05, 4.69) is 4.98 Å². The summed E-state index contributed by atoms with van der Waals surface area (Å²) in [7, 11) is 0. The minimum absolute atomic E-state index is 0.177. The van der Waals surface area contributed by atoms with Crippen LogP contribution in [-0.2, 0) is 6.42 Å². The third-order valence-electron chi connectivity index (χ3n) is 2.02. The minimum Gasteiger partial charge on any atom is -0.336 e. The van der Waals surface area contributed by atoms with E-state index in [4.69, 9.17) is 0 Å². The van der Waals surface area contributed by atoms with Gasteiger partial charge < -0.3 is 4.90 Å². The van der Waals surface area contributed by atoms with Gasteiger partial charge in [-0.1, -0.05) is 6.92 Å². The molecule has 0 bridgehead atoms. The predicted molar refractivity (Wildman–Crippen MR) is 48.7 cm³/mol. The second kappa shape index (κ2) is 2.90. The summed E-state index contributed by atoms with van der Waals surface area (Å²) < 4.78 is 25.0. The van der Waals surface area contributed by atoms with Gasteiger partial charge in [0.05, 0.1) is 18.8 Å². The van der Waals surface area contributed by atoms with Crippen LogP contribution in [0.5, 0.6) is 0 Å². The minimum atomic E-state index is -2.50. The molecule has 0 aliphatic carbocycles. The van der Waals surface area contributed by atoms with Crippen molar-refractivity contribution in [2.75, 3.05) is 18.0 Å². The molecule has 5 heteroatoms. The molecule has 0 N–H and O–H groups in total. The topological polar surface area (TPSA) is 16.1 Å². The maximum Gasteiger partial charge on any atom is 0.282 e. The highest BCUT2D eigenvalue weighted by Gasteiger charge is 2.44. The Morgan fingerprint density at radius 2 is 2.31 bits per heavy atom. The second-order valence-corrected chi connectivity index (χ2v) is 4.02. The normalized spacial score (nSPS) is 20.1. The molecule has 0 amide bonds. The van der Waals surface area contributed by atoms with E-state index < -0.39 is 5.92 Å². The molecule has 72 valence electrons. The van der Waals surface area contributed by atoms with Crippen molar-refractivity contribution < 1.29 is 8.78 Å². The average Bonchev–Trinajstić information content (AvgIpc) is 2.47. The predicted octanol–water partition coefficient (Wildman–Crippen LogP) is 2.16. The summed E-state index contributed by atoms with van der Waals surface area (Å²) in [5, 5.41) is 2.65. The lowest BCUT2D eigenvalue weighted by atomic mass is 10.2. The first-order valence-electron chi connectivity index (χ1n) is 4.18. The second-order valence-electron chi connectivity index (χ2n) is 3.19. The van der Waals surface area contributed by atoms with Gasteiger partial charge in [-0.2, -0.15) is 0 Å². The zero-order valence-electron chi connectivity index (χ0n) is 7.26. The number of alkyl halides is 2. The van der Waals surface area contributed by atoms with Crippen LogP contribution in [0, 0.1) is 0 Å². The zero-order valence-corrected chi connectivity index (χ0v) is 8.07. The smallest absolute Gasteiger partial charge is 0.282 e. The summed E-state index contributed by atoms with van der Waals surface area (Å²) in [4.78, 5) is 5.84. The van der Waals surface area contributed by atoms with Crippen LogP contribution in [0.25, 0.3) is 0 Å². The van der Waals surface area contributed by atoms with Gasteiger partial charge in [0.1, 0.15) is 0 Å². The Morgan fingerprint density at radius 1 is 1.62 bits per heavy atom. The molecule has 0 spiro atoms. The Balaban J connectivity index is 2.03. The molecule has 2 nitrogen and oxygen atoms in total. The van der Waals surface area contributed by atoms with E-state index in [0.29, 0.717) is 0 Å². The van der Waals surface area contributed by atoms with Gasteiger partial charge in [0.15, 0.2) is 5.13 Å². The van der Waals surface area contributed by atoms with Gasteiger partial charge in [-0.15, -0.1) is 11.3 Å². The van der Waals surface area contributed by atoms with E-state index in [-0.39, 0.29) is 13.1 Å². The van der Waals surface area contributed by atoms with Gasteiger partial charge in [-0.05, 0) is 6.42 Å². The summed E-state index contributed by atoms with van der Waals surface area (Å²) in [6, 6.07) is 0. The Hall–Kier alpha value is -0.710. The maximum absolute atomic E-state index is 12.5. The largest absolute Gasteiger partial charge is 0.336 e. The standard InChI is InChI=1S/C8H10F2N2S/c1-2-6-3-13-7(11-6)12-4-8(9,10)5-12/h3H,2,4-5H2,1H3. The van der Waals surface area contributed by atoms with Crippen molar-refractivity contribution in [3.05, 3.63) is 11.1 Å². The van der Waals surface area contributed by atoms with Gasteiger partial charge in [-0.25, -0.2) is 13.8 Å². The monoisotopic (exact) mass is 204 g/mol. The molecule has 0 atom stereocenters. The fourth-order valence-corrected chi connectivity index (χ4v) is 2.16. The third-order valence-corrected chi connectivity index (χ3v) is 2.97. The molecule has 13 heavy (non-hydrogen) atoms. The number of nitrogens with zero attached hydrogens (tertiary/aromatic N) is 2. The summed E-state index contributed by atoms with van der Waals surface area (Å²) in [6.07, 6.45) is 0.862. The highest BCUT2D eigenvalue weighted by molar-refractivity contribution is 7.13. The van der Waals surface area contributed by atoms with Crippen molar-refractivity contribution >= 4 is 16.5 Å². The zero-order chi connectivity index (χ0) is 9.47. The molecule has 1 fully saturated rings. The van der Waals surface area contributed by atoms with Crippen molar-refractivity contribution in [2.24, 2.45) is 0 Å². The number of hydrogen-bond donors (Lipinski definition) is 0. The fourth-order valence-electron chi connectivity index (χ4n) is 1.25. The van der Waals surface area contributed by atoms with Crippen LogP contribution in [0.1, 0.15) is 12.6 Å². The van der Waals surface area contributed by atoms with Crippen LogP contribution in [0.4, 0.5) is 13.9 Å². The van der Waals surface area contributed by atoms with Crippen LogP contribution in [0.2, 0.25) is 0 Å². The molecule has 1 aliphatic heterocycles. The number of anilines is 1. The van der Waals surface area contributed by atoms with Crippen molar-refractivity contribution in [3.63, 3.8) is 0 Å². The molecule has 2 heterocycles. The molecular formula is C8H10F2N2S. The van der Waals surface area contributed by atoms with E-state index in [1.807, 2.05) is 12.3 Å². The molecule has 1 saturated heterocycles. The molecule has 2 rings (SSSR count). The number of thiazole rings is 1. The summed E-state index contributed by atoms with van der Waals surface area (Å²) in [6.45, 7) is 1.65. The summed E-state index contributed by atoms with van der Waals surface area (Å²) in [5.74, 6) is -2.50. The highest BCUT2D eigenvalue weighted by Crippen LogP contribution is 2.33. The first kappa shape index (κ1) is 8.87. The van der Waals surface area contributed by atoms with E-state index in [9.17, 15) is 8.78 Å². The molecule has 1 aliphatic rings. The first-order chi connectivity index (χ1) is 6.11. The number of aromatic nitrogens is 1. The quantitative estimate of drug-likeness (QED) is 0.734. The molecule has 0 saturated carbocycles. The summed E-state index contributed by atoms with van der Waals surface area (Å²) >= 11 is 1.44. The van der Waals surface area contributed by atoms with Crippen LogP contribution in [0.15, 0.2) is 5.38 Å². The lowest BCUT2D eigenvalue weighted by Gasteiger charge is -2.38. The lowest BCUT2D eigenvalue weighted by Crippen LogP contribution is -2.56. The van der Waals surface area contributed by atoms with Gasteiger partial charge >= 0.3 is 0 Å². The molecule has 0 aromatic carbocycles. The van der Waals surface area contributed by atoms with Crippen LogP contribution < -0.4 is 4.90 Å². The van der Waals surface area contributed by atoms with Crippen LogP contribution in [-0.4, -0.2) is 24.0 Å². The lowest BCUT2D eigenvalue weighted by molar-refractivity contribution is -0.0262. The SMILES string of the molecule is CCc1csc(N2CC(F)(F)C2)n1. The molecular weight excluding hydrogens is 194 g/mol. The van der Waals surface area contributed by atoms with Crippen molar-refractivity contribution in [3.8, 4) is 0 Å². The van der Waals surface area contributed by atoms with E-state index in [0.717, 1.165) is 17.2 Å². The molecule has 1 aromatic heterocycles. The molecule has 1 aromatic rings. The van der Waals surface area contributed by atoms with Crippen molar-refractivity contribution in [1.29, 1.82) is 0 Å². The van der Waals surface area contributed by atoms with E-state index >= 15 is 0 Å². The van der Waals surface area contributed by atoms with E-state index in [1.165, 1.54) is 11.3 Å². The van der Waals surface area contributed by atoms with Crippen molar-refractivity contribution in [1.82, 2.24) is 4.98 Å². The van der Waals surface area contributed by atoms with Crippen LogP contribution in [0.3, 0.4) is 0 Å². The average molecular weight is 204 g/mol. The Bertz CT molecular complexity index is 303. The highest BCUT2D eigenvalue weighted by atomic mass is 32.1. The van der Waals surface area contributed by atoms with Gasteiger partial charge in [0, 0.05) is 5.38 Å². The Kier molecular flexibility index (Phi) is 1.98. The molecule has 0 radical (unpaired) electrons. The number of rotatable bonds is 2. The Morgan fingerprint density at radius 3 is 2.77 bits per heavy atom. The van der Waals surface area contributed by atoms with Gasteiger partial charge in [0.25, 0.3) is 5.92 Å². The number of hydrogen-bond acceptors (Lipinski definition) is 3. The third kappa shape index (κ3) is 1.65. The molecule has 0 unspecified atom stereocenters. The Labute approximate surface area is 79.2 Å². The number of halogens is 2. The van der Waals surface area contributed by atoms with Gasteiger partial charge in [-0.3, -0.25) is 0 Å². The number of aryl methyl sites for hydroxylation is 1. The fraction of sp³-hybridized carbons (Fsp3) is 0.625. The van der Waals surface area contributed by atoms with Gasteiger partial charge in [0.2, 0.25) is 0 Å². The van der Waals surface area contributed by atoms with Crippen molar-refractivity contribution in [2.45, 2.75) is 19.3 Å². The van der Waals surface area contributed by atoms with Crippen LogP contribution >= 0.6 is 11.3 Å². The summed E-state index contributed by atoms with van der Waals surface area (Å²) in [5.41, 5.74) is 0.982. The first-order valence-corrected chi connectivity index (χ1v) is 5.06.